The first kappa shape index (κ1) is 15.7. The minimum atomic E-state index is 0.0305. The summed E-state index contributed by atoms with van der Waals surface area (Å²) in [5.74, 6) is 0.0305. The fraction of sp³-hybridized carbons (Fsp3) is 0.444. The molecule has 1 amide bonds. The maximum Gasteiger partial charge on any atom is 0.270 e. The van der Waals surface area contributed by atoms with Crippen molar-refractivity contribution >= 4 is 5.91 Å². The fourth-order valence-electron chi connectivity index (χ4n) is 3.07. The highest BCUT2D eigenvalue weighted by atomic mass is 16.5. The van der Waals surface area contributed by atoms with Crippen molar-refractivity contribution in [2.24, 2.45) is 0 Å². The van der Waals surface area contributed by atoms with Gasteiger partial charge in [-0.05, 0) is 56.0 Å². The quantitative estimate of drug-likeness (QED) is 0.923. The Balaban J connectivity index is 1.81. The zero-order valence-corrected chi connectivity index (χ0v) is 13.7. The van der Waals surface area contributed by atoms with Crippen LogP contribution in [0.3, 0.4) is 0 Å². The van der Waals surface area contributed by atoms with Crippen molar-refractivity contribution in [3.63, 3.8) is 0 Å². The smallest absolute Gasteiger partial charge is 0.270 e. The SMILES string of the molecule is Cc1cc(C)c(C(=O)N(Cc2ccncc2)C[C@@H]2CCCO2)[nH]1. The van der Waals surface area contributed by atoms with Crippen LogP contribution in [0.2, 0.25) is 0 Å². The van der Waals surface area contributed by atoms with E-state index in [1.165, 1.54) is 0 Å². The normalized spacial score (nSPS) is 17.4. The van der Waals surface area contributed by atoms with Gasteiger partial charge in [-0.15, -0.1) is 0 Å². The summed E-state index contributed by atoms with van der Waals surface area (Å²) >= 11 is 0. The molecular formula is C18H23N3O2. The number of carbonyl (C=O) groups excluding carboxylic acids is 1. The molecule has 0 spiro atoms. The Hall–Kier alpha value is -2.14. The topological polar surface area (TPSA) is 58.2 Å². The number of aromatic nitrogens is 2. The summed E-state index contributed by atoms with van der Waals surface area (Å²) in [5.41, 5.74) is 3.74. The summed E-state index contributed by atoms with van der Waals surface area (Å²) in [5, 5.41) is 0. The Morgan fingerprint density at radius 2 is 2.17 bits per heavy atom. The third-order valence-electron chi connectivity index (χ3n) is 4.22. The summed E-state index contributed by atoms with van der Waals surface area (Å²) in [6, 6.07) is 5.90. The minimum Gasteiger partial charge on any atom is -0.376 e. The second kappa shape index (κ2) is 6.96. The lowest BCUT2D eigenvalue weighted by Crippen LogP contribution is -2.37. The van der Waals surface area contributed by atoms with Crippen molar-refractivity contribution in [2.45, 2.75) is 39.3 Å². The molecule has 0 saturated carbocycles. The second-order valence-corrected chi connectivity index (χ2v) is 6.19. The number of nitrogens with one attached hydrogen (secondary N) is 1. The van der Waals surface area contributed by atoms with Crippen molar-refractivity contribution in [2.75, 3.05) is 13.2 Å². The number of amides is 1. The number of hydrogen-bond acceptors (Lipinski definition) is 3. The van der Waals surface area contributed by atoms with Crippen LogP contribution >= 0.6 is 0 Å². The molecule has 1 atom stereocenters. The van der Waals surface area contributed by atoms with E-state index in [1.807, 2.05) is 36.9 Å². The number of pyridine rings is 1. The highest BCUT2D eigenvalue weighted by molar-refractivity contribution is 5.94. The van der Waals surface area contributed by atoms with Crippen molar-refractivity contribution in [1.29, 1.82) is 0 Å². The van der Waals surface area contributed by atoms with E-state index in [4.69, 9.17) is 4.74 Å². The molecular weight excluding hydrogens is 290 g/mol. The lowest BCUT2D eigenvalue weighted by Gasteiger charge is -2.25. The summed E-state index contributed by atoms with van der Waals surface area (Å²) in [6.45, 7) is 5.92. The molecule has 5 nitrogen and oxygen atoms in total. The molecule has 1 aliphatic heterocycles. The molecule has 0 radical (unpaired) electrons. The molecule has 0 aliphatic carbocycles. The zero-order chi connectivity index (χ0) is 16.2. The van der Waals surface area contributed by atoms with Crippen molar-refractivity contribution in [3.8, 4) is 0 Å². The molecule has 3 heterocycles. The number of rotatable bonds is 5. The van der Waals surface area contributed by atoms with Gasteiger partial charge in [-0.3, -0.25) is 9.78 Å². The Kier molecular flexibility index (Phi) is 4.76. The predicted octanol–water partition coefficient (Wildman–Crippen LogP) is 2.85. The van der Waals surface area contributed by atoms with Gasteiger partial charge in [-0.1, -0.05) is 0 Å². The minimum absolute atomic E-state index is 0.0305. The molecule has 23 heavy (non-hydrogen) atoms. The van der Waals surface area contributed by atoms with Crippen LogP contribution in [0, 0.1) is 13.8 Å². The maximum absolute atomic E-state index is 13.0. The average Bonchev–Trinajstić information content (AvgIpc) is 3.16. The van der Waals surface area contributed by atoms with Crippen LogP contribution in [0.5, 0.6) is 0 Å². The highest BCUT2D eigenvalue weighted by Gasteiger charge is 2.25. The molecule has 0 unspecified atom stereocenters. The van der Waals surface area contributed by atoms with E-state index >= 15 is 0 Å². The monoisotopic (exact) mass is 313 g/mol. The standard InChI is InChI=1S/C18H23N3O2/c1-13-10-14(2)20-17(13)18(22)21(12-16-4-3-9-23-16)11-15-5-7-19-8-6-15/h5-8,10,16,20H,3-4,9,11-12H2,1-2H3/t16-/m0/s1. The van der Waals surface area contributed by atoms with Crippen LogP contribution in [0.25, 0.3) is 0 Å². The van der Waals surface area contributed by atoms with Gasteiger partial charge >= 0.3 is 0 Å². The van der Waals surface area contributed by atoms with E-state index in [9.17, 15) is 4.79 Å². The van der Waals surface area contributed by atoms with Crippen LogP contribution < -0.4 is 0 Å². The molecule has 3 rings (SSSR count). The van der Waals surface area contributed by atoms with Gasteiger partial charge < -0.3 is 14.6 Å². The number of H-pyrrole nitrogens is 1. The molecule has 2 aromatic heterocycles. The number of aryl methyl sites for hydroxylation is 2. The lowest BCUT2D eigenvalue weighted by molar-refractivity contribution is 0.0502. The molecule has 1 saturated heterocycles. The third-order valence-corrected chi connectivity index (χ3v) is 4.22. The van der Waals surface area contributed by atoms with Gasteiger partial charge in [0.15, 0.2) is 0 Å². The van der Waals surface area contributed by atoms with Crippen molar-refractivity contribution in [1.82, 2.24) is 14.9 Å². The van der Waals surface area contributed by atoms with Gasteiger partial charge in [0.25, 0.3) is 5.91 Å². The Bertz CT molecular complexity index is 660. The molecule has 2 aromatic rings. The molecule has 122 valence electrons. The van der Waals surface area contributed by atoms with Crippen LogP contribution in [0.1, 0.15) is 40.2 Å². The van der Waals surface area contributed by atoms with Gasteiger partial charge in [-0.2, -0.15) is 0 Å². The lowest BCUT2D eigenvalue weighted by atomic mass is 10.1. The van der Waals surface area contributed by atoms with Crippen LogP contribution in [-0.2, 0) is 11.3 Å². The second-order valence-electron chi connectivity index (χ2n) is 6.19. The molecule has 5 heteroatoms. The Labute approximate surface area is 136 Å². The predicted molar refractivity (Wildman–Crippen MR) is 88.2 cm³/mol. The maximum atomic E-state index is 13.0. The molecule has 1 aliphatic rings. The van der Waals surface area contributed by atoms with E-state index in [-0.39, 0.29) is 12.0 Å². The third kappa shape index (κ3) is 3.79. The van der Waals surface area contributed by atoms with Gasteiger partial charge in [0.2, 0.25) is 0 Å². The van der Waals surface area contributed by atoms with Crippen LogP contribution in [0.15, 0.2) is 30.6 Å². The van der Waals surface area contributed by atoms with E-state index in [1.54, 1.807) is 12.4 Å². The Morgan fingerprint density at radius 3 is 2.78 bits per heavy atom. The number of ether oxygens (including phenoxy) is 1. The van der Waals surface area contributed by atoms with Crippen molar-refractivity contribution < 1.29 is 9.53 Å². The van der Waals surface area contributed by atoms with Crippen LogP contribution in [-0.4, -0.2) is 40.0 Å². The van der Waals surface area contributed by atoms with E-state index < -0.39 is 0 Å². The summed E-state index contributed by atoms with van der Waals surface area (Å²) in [7, 11) is 0. The van der Waals surface area contributed by atoms with E-state index in [0.717, 1.165) is 36.3 Å². The van der Waals surface area contributed by atoms with Crippen molar-refractivity contribution in [3.05, 3.63) is 53.1 Å². The summed E-state index contributed by atoms with van der Waals surface area (Å²) in [4.78, 5) is 22.1. The highest BCUT2D eigenvalue weighted by Crippen LogP contribution is 2.18. The van der Waals surface area contributed by atoms with E-state index in [2.05, 4.69) is 9.97 Å². The van der Waals surface area contributed by atoms with E-state index in [0.29, 0.717) is 18.8 Å². The fourth-order valence-corrected chi connectivity index (χ4v) is 3.07. The molecule has 0 aromatic carbocycles. The zero-order valence-electron chi connectivity index (χ0n) is 13.7. The Morgan fingerprint density at radius 1 is 1.39 bits per heavy atom. The average molecular weight is 313 g/mol. The van der Waals surface area contributed by atoms with Gasteiger partial charge in [0.1, 0.15) is 5.69 Å². The number of hydrogen-bond donors (Lipinski definition) is 1. The van der Waals surface area contributed by atoms with Gasteiger partial charge in [-0.25, -0.2) is 0 Å². The van der Waals surface area contributed by atoms with Gasteiger partial charge in [0, 0.05) is 37.8 Å². The number of aromatic amines is 1. The van der Waals surface area contributed by atoms with Gasteiger partial charge in [0.05, 0.1) is 6.10 Å². The first-order chi connectivity index (χ1) is 11.1. The molecule has 1 N–H and O–H groups in total. The number of nitrogens with zero attached hydrogens (tertiary/aromatic N) is 2. The number of carbonyl (C=O) groups is 1. The molecule has 1 fully saturated rings. The first-order valence-electron chi connectivity index (χ1n) is 8.09. The first-order valence-corrected chi connectivity index (χ1v) is 8.09. The summed E-state index contributed by atoms with van der Waals surface area (Å²) in [6.07, 6.45) is 5.74. The summed E-state index contributed by atoms with van der Waals surface area (Å²) < 4.78 is 5.73. The van der Waals surface area contributed by atoms with Crippen LogP contribution in [0.4, 0.5) is 0 Å². The molecule has 0 bridgehead atoms. The largest absolute Gasteiger partial charge is 0.376 e.